The third-order valence-corrected chi connectivity index (χ3v) is 11.1. The molecule has 0 spiro atoms. The number of aromatic nitrogens is 2. The second kappa shape index (κ2) is 12.8. The first-order valence-corrected chi connectivity index (χ1v) is 18.8. The van der Waals surface area contributed by atoms with Gasteiger partial charge in [0, 0.05) is 32.7 Å². The molecule has 2 aromatic heterocycles. The number of aryl methyl sites for hydroxylation is 3. The Labute approximate surface area is 320 Å². The molecule has 260 valence electrons. The number of hydrogen-bond acceptors (Lipinski definition) is 1. The molecule has 0 atom stereocenters. The fourth-order valence-electron chi connectivity index (χ4n) is 8.54. The molecular formula is C52H37N3. The van der Waals surface area contributed by atoms with Crippen LogP contribution in [0.15, 0.2) is 170 Å². The number of rotatable bonds is 5. The van der Waals surface area contributed by atoms with Crippen LogP contribution in [0.1, 0.15) is 22.3 Å². The maximum absolute atomic E-state index is 10.3. The van der Waals surface area contributed by atoms with Crippen LogP contribution in [-0.4, -0.2) is 9.13 Å². The van der Waals surface area contributed by atoms with Gasteiger partial charge in [-0.15, -0.1) is 0 Å². The van der Waals surface area contributed by atoms with Gasteiger partial charge in [-0.1, -0.05) is 120 Å². The minimum absolute atomic E-state index is 0.623. The Hall–Kier alpha value is -7.15. The molecule has 0 aliphatic heterocycles. The first kappa shape index (κ1) is 32.5. The van der Waals surface area contributed by atoms with E-state index in [2.05, 4.69) is 200 Å². The molecule has 8 aromatic carbocycles. The summed E-state index contributed by atoms with van der Waals surface area (Å²) in [4.78, 5) is 0. The summed E-state index contributed by atoms with van der Waals surface area (Å²) in [5.74, 6) is 0. The highest BCUT2D eigenvalue weighted by Crippen LogP contribution is 2.42. The molecule has 0 bridgehead atoms. The molecule has 55 heavy (non-hydrogen) atoms. The summed E-state index contributed by atoms with van der Waals surface area (Å²) >= 11 is 0. The van der Waals surface area contributed by atoms with Gasteiger partial charge in [0.2, 0.25) is 0 Å². The van der Waals surface area contributed by atoms with Gasteiger partial charge < -0.3 is 9.13 Å². The lowest BCUT2D eigenvalue weighted by Crippen LogP contribution is -2.02. The van der Waals surface area contributed by atoms with Crippen LogP contribution in [0.3, 0.4) is 0 Å². The quantitative estimate of drug-likeness (QED) is 0.176. The fourth-order valence-corrected chi connectivity index (χ4v) is 8.54. The van der Waals surface area contributed by atoms with Crippen LogP contribution in [0.4, 0.5) is 0 Å². The second-order valence-electron chi connectivity index (χ2n) is 14.8. The Morgan fingerprint density at radius 2 is 0.873 bits per heavy atom. The zero-order valence-electron chi connectivity index (χ0n) is 31.0. The monoisotopic (exact) mass is 703 g/mol. The van der Waals surface area contributed by atoms with Gasteiger partial charge in [-0.2, -0.15) is 5.26 Å². The van der Waals surface area contributed by atoms with Crippen LogP contribution in [0.5, 0.6) is 0 Å². The van der Waals surface area contributed by atoms with Crippen molar-refractivity contribution in [1.29, 1.82) is 5.26 Å². The van der Waals surface area contributed by atoms with Crippen molar-refractivity contribution in [2.24, 2.45) is 0 Å². The largest absolute Gasteiger partial charge is 0.309 e. The van der Waals surface area contributed by atoms with E-state index in [1.165, 1.54) is 60.5 Å². The van der Waals surface area contributed by atoms with Crippen molar-refractivity contribution in [3.63, 3.8) is 0 Å². The van der Waals surface area contributed by atoms with Gasteiger partial charge in [0.15, 0.2) is 0 Å². The third-order valence-electron chi connectivity index (χ3n) is 11.1. The van der Waals surface area contributed by atoms with Crippen molar-refractivity contribution < 1.29 is 0 Å². The summed E-state index contributed by atoms with van der Waals surface area (Å²) in [6.45, 7) is 6.44. The van der Waals surface area contributed by atoms with E-state index in [1.807, 2.05) is 6.07 Å². The van der Waals surface area contributed by atoms with Crippen LogP contribution in [0.2, 0.25) is 0 Å². The van der Waals surface area contributed by atoms with Crippen LogP contribution in [0, 0.1) is 32.1 Å². The molecule has 0 aliphatic carbocycles. The molecule has 10 aromatic rings. The second-order valence-corrected chi connectivity index (χ2v) is 14.8. The number of nitrogens with zero attached hydrogens (tertiary/aromatic N) is 3. The number of fused-ring (bicyclic) bond motifs is 6. The Morgan fingerprint density at radius 1 is 0.364 bits per heavy atom. The van der Waals surface area contributed by atoms with E-state index >= 15 is 0 Å². The van der Waals surface area contributed by atoms with E-state index in [9.17, 15) is 5.26 Å². The Bertz CT molecular complexity index is 3200. The minimum atomic E-state index is 0.623. The zero-order valence-corrected chi connectivity index (χ0v) is 31.0. The van der Waals surface area contributed by atoms with E-state index in [0.717, 1.165) is 44.6 Å². The summed E-state index contributed by atoms with van der Waals surface area (Å²) in [6.07, 6.45) is 0. The van der Waals surface area contributed by atoms with Gasteiger partial charge >= 0.3 is 0 Å². The van der Waals surface area contributed by atoms with Gasteiger partial charge in [0.05, 0.1) is 45.1 Å². The summed E-state index contributed by atoms with van der Waals surface area (Å²) in [5, 5.41) is 15.1. The topological polar surface area (TPSA) is 33.6 Å². The van der Waals surface area contributed by atoms with Gasteiger partial charge in [0.25, 0.3) is 0 Å². The lowest BCUT2D eigenvalue weighted by molar-refractivity contribution is 1.15. The normalized spacial score (nSPS) is 11.5. The summed E-state index contributed by atoms with van der Waals surface area (Å²) < 4.78 is 4.79. The van der Waals surface area contributed by atoms with Crippen molar-refractivity contribution >= 4 is 43.6 Å². The molecule has 10 rings (SSSR count). The summed E-state index contributed by atoms with van der Waals surface area (Å²) in [6, 6.07) is 63.7. The fraction of sp³-hybridized carbons (Fsp3) is 0.0577. The number of hydrogen-bond donors (Lipinski definition) is 0. The molecule has 0 N–H and O–H groups in total. The van der Waals surface area contributed by atoms with Gasteiger partial charge in [0.1, 0.15) is 0 Å². The third kappa shape index (κ3) is 5.34. The average Bonchev–Trinajstić information content (AvgIpc) is 3.72. The highest BCUT2D eigenvalue weighted by Gasteiger charge is 2.21. The summed E-state index contributed by atoms with van der Waals surface area (Å²) in [7, 11) is 0. The Morgan fingerprint density at radius 3 is 1.44 bits per heavy atom. The molecule has 0 aliphatic rings. The van der Waals surface area contributed by atoms with Crippen molar-refractivity contribution in [3.05, 3.63) is 192 Å². The molecule has 0 radical (unpaired) electrons. The number of nitriles is 1. The van der Waals surface area contributed by atoms with Gasteiger partial charge in [-0.05, 0) is 109 Å². The van der Waals surface area contributed by atoms with E-state index in [4.69, 9.17) is 0 Å². The lowest BCUT2D eigenvalue weighted by atomic mass is 9.97. The van der Waals surface area contributed by atoms with E-state index in [1.54, 1.807) is 0 Å². The molecule has 0 saturated heterocycles. The average molecular weight is 704 g/mol. The first-order valence-electron chi connectivity index (χ1n) is 18.8. The van der Waals surface area contributed by atoms with E-state index in [-0.39, 0.29) is 0 Å². The van der Waals surface area contributed by atoms with Crippen LogP contribution < -0.4 is 0 Å². The van der Waals surface area contributed by atoms with Gasteiger partial charge in [-0.3, -0.25) is 0 Å². The van der Waals surface area contributed by atoms with Crippen molar-refractivity contribution in [1.82, 2.24) is 9.13 Å². The van der Waals surface area contributed by atoms with Crippen molar-refractivity contribution in [2.75, 3.05) is 0 Å². The number of para-hydroxylation sites is 2. The molecule has 2 heterocycles. The molecular weight excluding hydrogens is 667 g/mol. The molecule has 0 saturated carbocycles. The van der Waals surface area contributed by atoms with Crippen molar-refractivity contribution in [2.45, 2.75) is 20.8 Å². The predicted molar refractivity (Wildman–Crippen MR) is 230 cm³/mol. The number of benzene rings is 8. The molecule has 3 heteroatoms. The molecule has 3 nitrogen and oxygen atoms in total. The van der Waals surface area contributed by atoms with Crippen LogP contribution >= 0.6 is 0 Å². The van der Waals surface area contributed by atoms with Crippen LogP contribution in [0.25, 0.3) is 88.4 Å². The lowest BCUT2D eigenvalue weighted by Gasteiger charge is -2.19. The van der Waals surface area contributed by atoms with Gasteiger partial charge in [-0.25, -0.2) is 0 Å². The first-order chi connectivity index (χ1) is 26.9. The molecule has 0 fully saturated rings. The highest BCUT2D eigenvalue weighted by atomic mass is 15.0. The molecule has 0 amide bonds. The van der Waals surface area contributed by atoms with Crippen molar-refractivity contribution in [3.8, 4) is 50.8 Å². The maximum Gasteiger partial charge on any atom is 0.0991 e. The SMILES string of the molecule is Cc1cccc(-c2ccc3c(c2)c2ccccc2n3-c2ccc(C#N)cc2-c2ccc(C)cc2-n2c3ccccc3c3cc(-c4cccc(C)c4)ccc32)c1. The Balaban J connectivity index is 1.24. The van der Waals surface area contributed by atoms with E-state index < -0.39 is 0 Å². The van der Waals surface area contributed by atoms with Crippen LogP contribution in [-0.2, 0) is 0 Å². The maximum atomic E-state index is 10.3. The zero-order chi connectivity index (χ0) is 37.2. The molecule has 0 unspecified atom stereocenters. The predicted octanol–water partition coefficient (Wildman–Crippen LogP) is 13.7. The highest BCUT2D eigenvalue weighted by molar-refractivity contribution is 6.12. The smallest absolute Gasteiger partial charge is 0.0991 e. The standard InChI is InChI=1S/C52H37N3/c1-33-10-8-12-37(26-33)39-20-24-50-45(30-39)41-14-4-6-16-47(41)54(50)49-23-19-36(32-53)29-44(49)43-22-18-35(3)28-52(43)55-48-17-7-5-15-42(48)46-31-40(21-25-51(46)55)38-13-9-11-34(2)27-38/h4-31H,1-3H3. The van der Waals surface area contributed by atoms with E-state index in [0.29, 0.717) is 5.56 Å². The summed E-state index contributed by atoms with van der Waals surface area (Å²) in [5.41, 5.74) is 17.8. The Kier molecular flexibility index (Phi) is 7.54. The minimum Gasteiger partial charge on any atom is -0.309 e.